The minimum absolute atomic E-state index is 0.257. The van der Waals surface area contributed by atoms with E-state index in [1.807, 2.05) is 18.2 Å². The van der Waals surface area contributed by atoms with E-state index < -0.39 is 0 Å². The molecule has 3 rings (SSSR count). The van der Waals surface area contributed by atoms with E-state index in [2.05, 4.69) is 0 Å². The third kappa shape index (κ3) is 1.92. The fraction of sp³-hybridized carbons (Fsp3) is 0. The Hall–Kier alpha value is -1.80. The Kier molecular flexibility index (Phi) is 2.37. The van der Waals surface area contributed by atoms with Gasteiger partial charge >= 0.3 is 0 Å². The monoisotopic (exact) mass is 246 g/mol. The van der Waals surface area contributed by atoms with Gasteiger partial charge in [-0.05, 0) is 48.5 Å². The molecule has 0 amide bonds. The van der Waals surface area contributed by atoms with Gasteiger partial charge in [0.05, 0.1) is 0 Å². The molecule has 0 atom stereocenters. The first-order chi connectivity index (χ1) is 8.22. The molecule has 17 heavy (non-hydrogen) atoms. The van der Waals surface area contributed by atoms with E-state index in [0.717, 1.165) is 16.5 Å². The molecule has 1 nitrogen and oxygen atoms in total. The molecule has 1 aromatic heterocycles. The van der Waals surface area contributed by atoms with Gasteiger partial charge in [-0.2, -0.15) is 0 Å². The van der Waals surface area contributed by atoms with Crippen molar-refractivity contribution < 1.29 is 8.81 Å². The summed E-state index contributed by atoms with van der Waals surface area (Å²) in [6.07, 6.45) is 0. The Bertz CT molecular complexity index is 670. The average molecular weight is 247 g/mol. The highest BCUT2D eigenvalue weighted by Crippen LogP contribution is 2.29. The third-order valence-electron chi connectivity index (χ3n) is 2.61. The lowest BCUT2D eigenvalue weighted by atomic mass is 10.1. The third-order valence-corrected chi connectivity index (χ3v) is 2.84. The van der Waals surface area contributed by atoms with Gasteiger partial charge in [0.1, 0.15) is 17.2 Å². The van der Waals surface area contributed by atoms with E-state index in [1.165, 1.54) is 12.1 Å². The van der Waals surface area contributed by atoms with Crippen LogP contribution in [0.4, 0.5) is 4.39 Å². The van der Waals surface area contributed by atoms with Crippen molar-refractivity contribution in [1.29, 1.82) is 0 Å². The van der Waals surface area contributed by atoms with Crippen LogP contribution in [0.3, 0.4) is 0 Å². The minimum Gasteiger partial charge on any atom is -0.456 e. The van der Waals surface area contributed by atoms with Crippen LogP contribution in [0.5, 0.6) is 0 Å². The smallest absolute Gasteiger partial charge is 0.135 e. The van der Waals surface area contributed by atoms with Crippen LogP contribution in [0.1, 0.15) is 0 Å². The molecule has 0 fully saturated rings. The molecule has 0 aliphatic heterocycles. The zero-order valence-electron chi connectivity index (χ0n) is 8.78. The number of furan rings is 1. The number of rotatable bonds is 1. The highest BCUT2D eigenvalue weighted by Gasteiger charge is 2.06. The van der Waals surface area contributed by atoms with Gasteiger partial charge in [-0.25, -0.2) is 4.39 Å². The van der Waals surface area contributed by atoms with E-state index >= 15 is 0 Å². The maximum Gasteiger partial charge on any atom is 0.135 e. The standard InChI is InChI=1S/C14H8ClFO/c15-11-3-6-13-10(7-11)8-14(17-13)9-1-4-12(16)5-2-9/h1-8H. The van der Waals surface area contributed by atoms with Gasteiger partial charge in [-0.3, -0.25) is 0 Å². The number of fused-ring (bicyclic) bond motifs is 1. The van der Waals surface area contributed by atoms with E-state index in [-0.39, 0.29) is 5.82 Å². The van der Waals surface area contributed by atoms with Gasteiger partial charge in [0.25, 0.3) is 0 Å². The van der Waals surface area contributed by atoms with Crippen molar-refractivity contribution in [3.63, 3.8) is 0 Å². The first-order valence-corrected chi connectivity index (χ1v) is 5.55. The molecule has 0 bridgehead atoms. The Morgan fingerprint density at radius 1 is 0.941 bits per heavy atom. The molecule has 0 saturated heterocycles. The summed E-state index contributed by atoms with van der Waals surface area (Å²) < 4.78 is 18.5. The summed E-state index contributed by atoms with van der Waals surface area (Å²) in [6, 6.07) is 13.5. The van der Waals surface area contributed by atoms with Gasteiger partial charge in [0.15, 0.2) is 0 Å². The van der Waals surface area contributed by atoms with Gasteiger partial charge in [-0.15, -0.1) is 0 Å². The second kappa shape index (κ2) is 3.90. The van der Waals surface area contributed by atoms with Crippen molar-refractivity contribution in [2.45, 2.75) is 0 Å². The van der Waals surface area contributed by atoms with Crippen molar-refractivity contribution in [2.75, 3.05) is 0 Å². The van der Waals surface area contributed by atoms with Crippen molar-refractivity contribution in [2.24, 2.45) is 0 Å². The normalized spacial score (nSPS) is 10.9. The maximum absolute atomic E-state index is 12.8. The van der Waals surface area contributed by atoms with Crippen LogP contribution in [-0.4, -0.2) is 0 Å². The Morgan fingerprint density at radius 3 is 2.47 bits per heavy atom. The molecule has 0 aliphatic rings. The molecular weight excluding hydrogens is 239 g/mol. The molecule has 0 unspecified atom stereocenters. The molecule has 1 heterocycles. The van der Waals surface area contributed by atoms with E-state index in [9.17, 15) is 4.39 Å². The fourth-order valence-corrected chi connectivity index (χ4v) is 1.95. The van der Waals surface area contributed by atoms with E-state index in [1.54, 1.807) is 18.2 Å². The number of halogens is 2. The molecular formula is C14H8ClFO. The molecule has 0 N–H and O–H groups in total. The summed E-state index contributed by atoms with van der Waals surface area (Å²) in [6.45, 7) is 0. The van der Waals surface area contributed by atoms with Crippen molar-refractivity contribution >= 4 is 22.6 Å². The van der Waals surface area contributed by atoms with Crippen LogP contribution < -0.4 is 0 Å². The molecule has 0 saturated carbocycles. The Labute approximate surface area is 102 Å². The predicted molar refractivity (Wildman–Crippen MR) is 66.6 cm³/mol. The van der Waals surface area contributed by atoms with E-state index in [4.69, 9.17) is 16.0 Å². The fourth-order valence-electron chi connectivity index (χ4n) is 1.77. The summed E-state index contributed by atoms with van der Waals surface area (Å²) in [7, 11) is 0. The molecule has 0 aliphatic carbocycles. The largest absolute Gasteiger partial charge is 0.456 e. The summed E-state index contributed by atoms with van der Waals surface area (Å²) in [5.74, 6) is 0.454. The molecule has 0 radical (unpaired) electrons. The molecule has 3 heteroatoms. The summed E-state index contributed by atoms with van der Waals surface area (Å²) in [5.41, 5.74) is 1.62. The second-order valence-electron chi connectivity index (χ2n) is 3.80. The lowest BCUT2D eigenvalue weighted by Gasteiger charge is -1.94. The summed E-state index contributed by atoms with van der Waals surface area (Å²) in [5, 5.41) is 1.61. The summed E-state index contributed by atoms with van der Waals surface area (Å²) in [4.78, 5) is 0. The van der Waals surface area contributed by atoms with Crippen LogP contribution in [0, 0.1) is 5.82 Å². The van der Waals surface area contributed by atoms with Crippen LogP contribution in [0.2, 0.25) is 5.02 Å². The maximum atomic E-state index is 12.8. The second-order valence-corrected chi connectivity index (χ2v) is 4.24. The van der Waals surface area contributed by atoms with Crippen LogP contribution in [-0.2, 0) is 0 Å². The SMILES string of the molecule is Fc1ccc(-c2cc3cc(Cl)ccc3o2)cc1. The zero-order chi connectivity index (χ0) is 11.8. The molecule has 3 aromatic rings. The quantitative estimate of drug-likeness (QED) is 0.596. The number of hydrogen-bond acceptors (Lipinski definition) is 1. The predicted octanol–water partition coefficient (Wildman–Crippen LogP) is 4.89. The summed E-state index contributed by atoms with van der Waals surface area (Å²) >= 11 is 5.90. The van der Waals surface area contributed by atoms with Gasteiger partial charge < -0.3 is 4.42 Å². The van der Waals surface area contributed by atoms with Crippen molar-refractivity contribution in [1.82, 2.24) is 0 Å². The first kappa shape index (κ1) is 10.4. The average Bonchev–Trinajstić information content (AvgIpc) is 2.72. The first-order valence-electron chi connectivity index (χ1n) is 5.17. The topological polar surface area (TPSA) is 13.1 Å². The lowest BCUT2D eigenvalue weighted by Crippen LogP contribution is -1.74. The molecule has 0 spiro atoms. The van der Waals surface area contributed by atoms with Gasteiger partial charge in [0.2, 0.25) is 0 Å². The van der Waals surface area contributed by atoms with Gasteiger partial charge in [-0.1, -0.05) is 11.6 Å². The number of benzene rings is 2. The van der Waals surface area contributed by atoms with Crippen LogP contribution in [0.15, 0.2) is 52.9 Å². The van der Waals surface area contributed by atoms with Crippen molar-refractivity contribution in [3.05, 3.63) is 59.4 Å². The highest BCUT2D eigenvalue weighted by molar-refractivity contribution is 6.31. The Balaban J connectivity index is 2.14. The van der Waals surface area contributed by atoms with E-state index in [0.29, 0.717) is 10.8 Å². The molecule has 2 aromatic carbocycles. The van der Waals surface area contributed by atoms with Crippen LogP contribution >= 0.6 is 11.6 Å². The minimum atomic E-state index is -0.257. The Morgan fingerprint density at radius 2 is 1.71 bits per heavy atom. The zero-order valence-corrected chi connectivity index (χ0v) is 9.54. The highest BCUT2D eigenvalue weighted by atomic mass is 35.5. The lowest BCUT2D eigenvalue weighted by molar-refractivity contribution is 0.623. The molecule has 84 valence electrons. The van der Waals surface area contributed by atoms with Gasteiger partial charge in [0, 0.05) is 16.0 Å². The number of hydrogen-bond donors (Lipinski definition) is 0. The van der Waals surface area contributed by atoms with Crippen LogP contribution in [0.25, 0.3) is 22.3 Å². The van der Waals surface area contributed by atoms with Crippen molar-refractivity contribution in [3.8, 4) is 11.3 Å².